The van der Waals surface area contributed by atoms with Crippen molar-refractivity contribution in [3.63, 3.8) is 0 Å². The zero-order valence-corrected chi connectivity index (χ0v) is 18.1. The zero-order chi connectivity index (χ0) is 22.5. The van der Waals surface area contributed by atoms with Crippen LogP contribution >= 0.6 is 0 Å². The second-order valence-electron chi connectivity index (χ2n) is 7.53. The minimum absolute atomic E-state index is 0.103. The molecule has 3 rings (SSSR count). The Labute approximate surface area is 181 Å². The lowest BCUT2D eigenvalue weighted by molar-refractivity contribution is 0.0919. The number of methoxy groups -OCH3 is 1. The predicted molar refractivity (Wildman–Crippen MR) is 117 cm³/mol. The van der Waals surface area contributed by atoms with E-state index in [4.69, 9.17) is 9.47 Å². The second kappa shape index (κ2) is 9.71. The lowest BCUT2D eigenvalue weighted by Gasteiger charge is -2.17. The van der Waals surface area contributed by atoms with Gasteiger partial charge in [0.25, 0.3) is 0 Å². The summed E-state index contributed by atoms with van der Waals surface area (Å²) in [6.45, 7) is 6.39. The van der Waals surface area contributed by atoms with Gasteiger partial charge in [0.1, 0.15) is 11.6 Å². The highest BCUT2D eigenvalue weighted by Gasteiger charge is 2.19. The van der Waals surface area contributed by atoms with Crippen LogP contribution in [0, 0.1) is 19.7 Å². The zero-order valence-electron chi connectivity index (χ0n) is 18.1. The molecule has 0 radical (unpaired) electrons. The minimum Gasteiger partial charge on any atom is -0.485 e. The molecule has 0 amide bonds. The van der Waals surface area contributed by atoms with Crippen LogP contribution in [0.2, 0.25) is 0 Å². The first-order valence-electron chi connectivity index (χ1n) is 10.1. The second-order valence-corrected chi connectivity index (χ2v) is 7.53. The first-order valence-corrected chi connectivity index (χ1v) is 10.1. The number of ether oxygens (including phenoxy) is 2. The van der Waals surface area contributed by atoms with E-state index in [2.05, 4.69) is 4.57 Å². The number of nitrogens with zero attached hydrogens (tertiary/aromatic N) is 1. The van der Waals surface area contributed by atoms with Crippen LogP contribution < -0.4 is 4.74 Å². The lowest BCUT2D eigenvalue weighted by Crippen LogP contribution is -2.16. The third kappa shape index (κ3) is 5.09. The molecular formula is C25H26FNO4. The van der Waals surface area contributed by atoms with Gasteiger partial charge in [0.15, 0.2) is 12.4 Å². The molecule has 6 heteroatoms. The molecule has 0 fully saturated rings. The van der Waals surface area contributed by atoms with Gasteiger partial charge in [-0.3, -0.25) is 9.59 Å². The van der Waals surface area contributed by atoms with Gasteiger partial charge in [-0.1, -0.05) is 0 Å². The highest BCUT2D eigenvalue weighted by atomic mass is 19.1. The molecule has 0 aliphatic heterocycles. The smallest absolute Gasteiger partial charge is 0.202 e. The number of halogens is 1. The number of carbonyl (C=O) groups is 2. The molecule has 2 aromatic carbocycles. The predicted octanol–water partition coefficient (Wildman–Crippen LogP) is 4.94. The van der Waals surface area contributed by atoms with Crippen molar-refractivity contribution >= 4 is 11.6 Å². The maximum atomic E-state index is 13.0. The molecule has 162 valence electrons. The molecule has 0 unspecified atom stereocenters. The van der Waals surface area contributed by atoms with E-state index in [1.54, 1.807) is 31.4 Å². The van der Waals surface area contributed by atoms with Crippen molar-refractivity contribution in [2.24, 2.45) is 0 Å². The molecule has 31 heavy (non-hydrogen) atoms. The fourth-order valence-corrected chi connectivity index (χ4v) is 3.75. The Kier molecular flexibility index (Phi) is 7.02. The standard InChI is InChI=1S/C25H26FNO4/c1-16-13-23(18(3)27(16)17(2)14-30-4)24(28)15-31-22-11-7-20(8-12-22)25(29)19-5-9-21(26)10-6-19/h5-13,17H,14-15H2,1-4H3/t17-/m0/s1. The van der Waals surface area contributed by atoms with Crippen LogP contribution in [0.3, 0.4) is 0 Å². The number of hydrogen-bond acceptors (Lipinski definition) is 4. The summed E-state index contributed by atoms with van der Waals surface area (Å²) in [5, 5.41) is 0. The highest BCUT2D eigenvalue weighted by Crippen LogP contribution is 2.22. The molecule has 0 N–H and O–H groups in total. The van der Waals surface area contributed by atoms with E-state index in [9.17, 15) is 14.0 Å². The number of hydrogen-bond donors (Lipinski definition) is 0. The van der Waals surface area contributed by atoms with E-state index in [0.29, 0.717) is 29.0 Å². The van der Waals surface area contributed by atoms with Crippen molar-refractivity contribution < 1.29 is 23.5 Å². The molecule has 1 aromatic heterocycles. The van der Waals surface area contributed by atoms with E-state index in [-0.39, 0.29) is 30.0 Å². The topological polar surface area (TPSA) is 57.5 Å². The quantitative estimate of drug-likeness (QED) is 0.457. The van der Waals surface area contributed by atoms with Crippen molar-refractivity contribution in [3.05, 3.63) is 88.5 Å². The van der Waals surface area contributed by atoms with Gasteiger partial charge < -0.3 is 14.0 Å². The summed E-state index contributed by atoms with van der Waals surface area (Å²) in [5.74, 6) is -0.222. The fourth-order valence-electron chi connectivity index (χ4n) is 3.75. The van der Waals surface area contributed by atoms with Crippen molar-refractivity contribution in [3.8, 4) is 5.75 Å². The maximum absolute atomic E-state index is 13.0. The molecule has 0 aliphatic carbocycles. The van der Waals surface area contributed by atoms with E-state index < -0.39 is 0 Å². The summed E-state index contributed by atoms with van der Waals surface area (Å²) in [6.07, 6.45) is 0. The van der Waals surface area contributed by atoms with E-state index in [1.165, 1.54) is 24.3 Å². The van der Waals surface area contributed by atoms with Crippen LogP contribution in [0.15, 0.2) is 54.6 Å². The maximum Gasteiger partial charge on any atom is 0.202 e. The first kappa shape index (κ1) is 22.4. The number of benzene rings is 2. The van der Waals surface area contributed by atoms with Crippen molar-refractivity contribution in [2.45, 2.75) is 26.8 Å². The molecule has 5 nitrogen and oxygen atoms in total. The van der Waals surface area contributed by atoms with Crippen LogP contribution in [-0.4, -0.2) is 36.5 Å². The summed E-state index contributed by atoms with van der Waals surface area (Å²) in [4.78, 5) is 25.2. The summed E-state index contributed by atoms with van der Waals surface area (Å²) in [7, 11) is 1.66. The van der Waals surface area contributed by atoms with Crippen molar-refractivity contribution in [2.75, 3.05) is 20.3 Å². The highest BCUT2D eigenvalue weighted by molar-refractivity contribution is 6.09. The molecule has 3 aromatic rings. The Bertz CT molecular complexity index is 1070. The molecule has 1 atom stereocenters. The minimum atomic E-state index is -0.390. The van der Waals surface area contributed by atoms with Gasteiger partial charge in [0.2, 0.25) is 5.78 Å². The Balaban J connectivity index is 1.65. The van der Waals surface area contributed by atoms with E-state index >= 15 is 0 Å². The van der Waals surface area contributed by atoms with E-state index in [1.807, 2.05) is 26.8 Å². The summed E-state index contributed by atoms with van der Waals surface area (Å²) >= 11 is 0. The number of rotatable bonds is 9. The summed E-state index contributed by atoms with van der Waals surface area (Å²) in [6, 6.07) is 14.0. The molecule has 1 heterocycles. The summed E-state index contributed by atoms with van der Waals surface area (Å²) in [5.41, 5.74) is 3.37. The largest absolute Gasteiger partial charge is 0.485 e. The van der Waals surface area contributed by atoms with Crippen LogP contribution in [-0.2, 0) is 4.74 Å². The van der Waals surface area contributed by atoms with Crippen LogP contribution in [0.1, 0.15) is 50.6 Å². The van der Waals surface area contributed by atoms with Gasteiger partial charge in [0.05, 0.1) is 12.6 Å². The van der Waals surface area contributed by atoms with Crippen LogP contribution in [0.4, 0.5) is 4.39 Å². The van der Waals surface area contributed by atoms with Crippen LogP contribution in [0.5, 0.6) is 5.75 Å². The fraction of sp³-hybridized carbons (Fsp3) is 0.280. The van der Waals surface area contributed by atoms with Gasteiger partial charge in [-0.25, -0.2) is 4.39 Å². The van der Waals surface area contributed by atoms with E-state index in [0.717, 1.165) is 11.4 Å². The third-order valence-electron chi connectivity index (χ3n) is 5.23. The number of ketones is 2. The monoisotopic (exact) mass is 423 g/mol. The van der Waals surface area contributed by atoms with Crippen molar-refractivity contribution in [1.82, 2.24) is 4.57 Å². The Morgan fingerprint density at radius 2 is 1.58 bits per heavy atom. The number of aryl methyl sites for hydroxylation is 1. The van der Waals surface area contributed by atoms with Crippen molar-refractivity contribution in [1.29, 1.82) is 0 Å². The Morgan fingerprint density at radius 1 is 1.00 bits per heavy atom. The molecule has 0 spiro atoms. The molecule has 0 saturated heterocycles. The van der Waals surface area contributed by atoms with Gasteiger partial charge in [0, 0.05) is 35.2 Å². The average molecular weight is 423 g/mol. The van der Waals surface area contributed by atoms with Gasteiger partial charge >= 0.3 is 0 Å². The van der Waals surface area contributed by atoms with Gasteiger partial charge in [-0.05, 0) is 75.4 Å². The molecule has 0 aliphatic rings. The molecular weight excluding hydrogens is 397 g/mol. The lowest BCUT2D eigenvalue weighted by atomic mass is 10.0. The normalized spacial score (nSPS) is 11.9. The number of aromatic nitrogens is 1. The Morgan fingerprint density at radius 3 is 2.16 bits per heavy atom. The first-order chi connectivity index (χ1) is 14.8. The molecule has 0 saturated carbocycles. The van der Waals surface area contributed by atoms with Gasteiger partial charge in [-0.2, -0.15) is 0 Å². The summed E-state index contributed by atoms with van der Waals surface area (Å²) < 4.78 is 26.0. The van der Waals surface area contributed by atoms with Gasteiger partial charge in [-0.15, -0.1) is 0 Å². The number of carbonyl (C=O) groups excluding carboxylic acids is 2. The Hall–Kier alpha value is -3.25. The van der Waals surface area contributed by atoms with Crippen LogP contribution in [0.25, 0.3) is 0 Å². The SMILES string of the molecule is COC[C@H](C)n1c(C)cc(C(=O)COc2ccc(C(=O)c3ccc(F)cc3)cc2)c1C. The number of Topliss-reactive ketones (excluding diaryl/α,β-unsaturated/α-hetero) is 1. The molecule has 0 bridgehead atoms. The third-order valence-corrected chi connectivity index (χ3v) is 5.23. The average Bonchev–Trinajstić information content (AvgIpc) is 3.06.